The van der Waals surface area contributed by atoms with E-state index in [0.717, 1.165) is 74.4 Å². The number of cyclic esters (lactones) is 1. The van der Waals surface area contributed by atoms with Gasteiger partial charge in [-0.25, -0.2) is 14.8 Å². The van der Waals surface area contributed by atoms with Crippen LogP contribution in [0.25, 0.3) is 0 Å². The van der Waals surface area contributed by atoms with Crippen molar-refractivity contribution < 1.29 is 14.6 Å². The lowest BCUT2D eigenvalue weighted by molar-refractivity contribution is 0.0447. The van der Waals surface area contributed by atoms with Gasteiger partial charge in [0.25, 0.3) is 0 Å². The molecule has 1 spiro atoms. The lowest BCUT2D eigenvalue weighted by Crippen LogP contribution is -2.47. The van der Waals surface area contributed by atoms with Gasteiger partial charge in [0.05, 0.1) is 11.7 Å². The maximum Gasteiger partial charge on any atom is 0.338 e. The van der Waals surface area contributed by atoms with E-state index in [1.165, 1.54) is 0 Å². The smallest absolute Gasteiger partial charge is 0.338 e. The van der Waals surface area contributed by atoms with Crippen LogP contribution >= 0.6 is 11.6 Å². The van der Waals surface area contributed by atoms with Gasteiger partial charge in [0, 0.05) is 37.6 Å². The van der Waals surface area contributed by atoms with E-state index in [-0.39, 0.29) is 5.97 Å². The van der Waals surface area contributed by atoms with Crippen molar-refractivity contribution in [3.63, 3.8) is 0 Å². The van der Waals surface area contributed by atoms with Crippen molar-refractivity contribution in [2.24, 2.45) is 5.41 Å². The lowest BCUT2D eigenvalue weighted by atomic mass is 9.71. The highest BCUT2D eigenvalue weighted by Gasteiger charge is 2.38. The van der Waals surface area contributed by atoms with E-state index in [2.05, 4.69) is 19.8 Å². The number of halogens is 1. The minimum Gasteiger partial charge on any atom is -0.457 e. The Balaban J connectivity index is 1.16. The number of likely N-dealkylation sites (tertiary alicyclic amines) is 1. The molecule has 0 unspecified atom stereocenters. The summed E-state index contributed by atoms with van der Waals surface area (Å²) < 4.78 is 5.15. The number of aliphatic hydroxyl groups is 1. The Hall–Kier alpha value is -2.22. The highest BCUT2D eigenvalue weighted by molar-refractivity contribution is 6.31. The van der Waals surface area contributed by atoms with Gasteiger partial charge in [-0.1, -0.05) is 17.7 Å². The van der Waals surface area contributed by atoms with Gasteiger partial charge >= 0.3 is 5.97 Å². The third-order valence-electron chi connectivity index (χ3n) is 7.67. The van der Waals surface area contributed by atoms with Gasteiger partial charge in [0.2, 0.25) is 0 Å². The van der Waals surface area contributed by atoms with Gasteiger partial charge in [-0.2, -0.15) is 0 Å². The van der Waals surface area contributed by atoms with Crippen LogP contribution in [0.15, 0.2) is 24.5 Å². The average molecular weight is 457 g/mol. The number of nitrogens with zero attached hydrogens (tertiary/aromatic N) is 4. The van der Waals surface area contributed by atoms with Crippen LogP contribution in [-0.2, 0) is 11.3 Å². The van der Waals surface area contributed by atoms with Crippen LogP contribution in [0, 0.1) is 12.3 Å². The number of hydrogen-bond acceptors (Lipinski definition) is 7. The van der Waals surface area contributed by atoms with E-state index in [1.807, 2.05) is 13.0 Å². The van der Waals surface area contributed by atoms with Gasteiger partial charge in [0.1, 0.15) is 6.61 Å². The number of anilines is 1. The number of hydrogen-bond donors (Lipinski definition) is 1. The molecule has 0 bridgehead atoms. The predicted octanol–water partition coefficient (Wildman–Crippen LogP) is 3.52. The van der Waals surface area contributed by atoms with E-state index in [1.54, 1.807) is 18.5 Å². The summed E-state index contributed by atoms with van der Waals surface area (Å²) in [7, 11) is 0. The molecule has 3 aliphatic rings. The van der Waals surface area contributed by atoms with Crippen molar-refractivity contribution in [2.45, 2.75) is 45.3 Å². The van der Waals surface area contributed by atoms with E-state index in [9.17, 15) is 9.90 Å². The Bertz CT molecular complexity index is 1010. The number of aromatic nitrogens is 2. The Morgan fingerprint density at radius 3 is 2.53 bits per heavy atom. The molecule has 0 saturated carbocycles. The zero-order chi connectivity index (χ0) is 22.3. The number of aliphatic hydroxyl groups excluding tert-OH is 1. The molecule has 2 aromatic rings. The number of ether oxygens (including phenoxy) is 1. The normalized spacial score (nSPS) is 21.5. The van der Waals surface area contributed by atoms with Crippen LogP contribution in [-0.4, -0.2) is 58.7 Å². The van der Waals surface area contributed by atoms with E-state index < -0.39 is 6.10 Å². The Labute approximate surface area is 193 Å². The molecule has 1 N–H and O–H groups in total. The Morgan fingerprint density at radius 2 is 1.81 bits per heavy atom. The number of piperidine rings is 2. The molecule has 170 valence electrons. The third-order valence-corrected chi connectivity index (χ3v) is 7.94. The van der Waals surface area contributed by atoms with E-state index in [0.29, 0.717) is 29.3 Å². The summed E-state index contributed by atoms with van der Waals surface area (Å²) >= 11 is 6.23. The van der Waals surface area contributed by atoms with Gasteiger partial charge in [-0.05, 0) is 68.3 Å². The van der Waals surface area contributed by atoms with Crippen LogP contribution in [0.4, 0.5) is 5.82 Å². The Morgan fingerprint density at radius 1 is 1.12 bits per heavy atom. The van der Waals surface area contributed by atoms with Crippen molar-refractivity contribution in [3.05, 3.63) is 51.9 Å². The van der Waals surface area contributed by atoms with E-state index >= 15 is 0 Å². The number of fused-ring (bicyclic) bond motifs is 1. The van der Waals surface area contributed by atoms with Crippen LogP contribution in [0.2, 0.25) is 5.15 Å². The zero-order valence-corrected chi connectivity index (χ0v) is 19.1. The lowest BCUT2D eigenvalue weighted by Gasteiger charge is -2.47. The first-order valence-electron chi connectivity index (χ1n) is 11.4. The molecule has 0 aliphatic carbocycles. The summed E-state index contributed by atoms with van der Waals surface area (Å²) in [4.78, 5) is 25.0. The molecule has 0 amide bonds. The van der Waals surface area contributed by atoms with Crippen LogP contribution < -0.4 is 4.90 Å². The van der Waals surface area contributed by atoms with Crippen LogP contribution in [0.1, 0.15) is 58.8 Å². The second-order valence-corrected chi connectivity index (χ2v) is 9.71. The van der Waals surface area contributed by atoms with Crippen molar-refractivity contribution in [3.8, 4) is 0 Å². The zero-order valence-electron chi connectivity index (χ0n) is 18.4. The summed E-state index contributed by atoms with van der Waals surface area (Å²) in [5.41, 5.74) is 3.79. The molecule has 0 radical (unpaired) electrons. The molecule has 2 fully saturated rings. The summed E-state index contributed by atoms with van der Waals surface area (Å²) in [5.74, 6) is 0.527. The SMILES string of the molecule is Cc1c([C@@H](O)CN2CCC3(CC2)CCN(c2nccnc2Cl)CC3)ccc2c1COC2=O. The summed E-state index contributed by atoms with van der Waals surface area (Å²) in [6, 6.07) is 3.67. The minimum absolute atomic E-state index is 0.266. The fourth-order valence-electron chi connectivity index (χ4n) is 5.50. The fraction of sp³-hybridized carbons (Fsp3) is 0.542. The monoisotopic (exact) mass is 456 g/mol. The average Bonchev–Trinajstić information content (AvgIpc) is 3.18. The Kier molecular flexibility index (Phi) is 5.82. The molecular weight excluding hydrogens is 428 g/mol. The standard InChI is InChI=1S/C24H29ClN4O3/c1-16-17(2-3-18-19(16)15-32-23(18)31)20(30)14-28-10-4-24(5-11-28)6-12-29(13-7-24)22-21(25)26-8-9-27-22/h2-3,8-9,20,30H,4-7,10-15H2,1H3/t20-/m0/s1. The number of esters is 1. The largest absolute Gasteiger partial charge is 0.457 e. The molecule has 3 aliphatic heterocycles. The summed E-state index contributed by atoms with van der Waals surface area (Å²) in [5, 5.41) is 11.4. The number of β-amino-alcohol motifs (C(OH)–C–C–N with tert-alkyl or cyclic N) is 1. The predicted molar refractivity (Wildman–Crippen MR) is 122 cm³/mol. The van der Waals surface area contributed by atoms with Crippen molar-refractivity contribution in [2.75, 3.05) is 37.6 Å². The van der Waals surface area contributed by atoms with Crippen molar-refractivity contribution in [1.82, 2.24) is 14.9 Å². The molecule has 4 heterocycles. The van der Waals surface area contributed by atoms with Gasteiger partial charge in [-0.3, -0.25) is 0 Å². The maximum absolute atomic E-state index is 11.8. The fourth-order valence-corrected chi connectivity index (χ4v) is 5.72. The first-order valence-corrected chi connectivity index (χ1v) is 11.7. The molecule has 2 saturated heterocycles. The van der Waals surface area contributed by atoms with Gasteiger partial charge in [-0.15, -0.1) is 0 Å². The summed E-state index contributed by atoms with van der Waals surface area (Å²) in [6.07, 6.45) is 7.32. The number of carbonyl (C=O) groups is 1. The van der Waals surface area contributed by atoms with Gasteiger partial charge in [0.15, 0.2) is 11.0 Å². The number of rotatable bonds is 4. The van der Waals surface area contributed by atoms with Crippen LogP contribution in [0.3, 0.4) is 0 Å². The van der Waals surface area contributed by atoms with Crippen molar-refractivity contribution in [1.29, 1.82) is 0 Å². The van der Waals surface area contributed by atoms with E-state index in [4.69, 9.17) is 16.3 Å². The first kappa shape index (κ1) is 21.6. The molecule has 32 heavy (non-hydrogen) atoms. The molecule has 1 aromatic carbocycles. The highest BCUT2D eigenvalue weighted by atomic mass is 35.5. The highest BCUT2D eigenvalue weighted by Crippen LogP contribution is 2.42. The molecule has 1 atom stereocenters. The third kappa shape index (κ3) is 3.98. The topological polar surface area (TPSA) is 78.8 Å². The summed E-state index contributed by atoms with van der Waals surface area (Å²) in [6.45, 7) is 6.80. The van der Waals surface area contributed by atoms with Gasteiger partial charge < -0.3 is 19.6 Å². The molecule has 8 heteroatoms. The molecule has 1 aromatic heterocycles. The quantitative estimate of drug-likeness (QED) is 0.705. The minimum atomic E-state index is -0.564. The van der Waals surface area contributed by atoms with Crippen LogP contribution in [0.5, 0.6) is 0 Å². The first-order chi connectivity index (χ1) is 15.5. The second kappa shape index (κ2) is 8.61. The molecular formula is C24H29ClN4O3. The molecule has 5 rings (SSSR count). The van der Waals surface area contributed by atoms with Crippen molar-refractivity contribution >= 4 is 23.4 Å². The second-order valence-electron chi connectivity index (χ2n) is 9.36. The maximum atomic E-state index is 11.8. The number of benzene rings is 1. The number of carbonyl (C=O) groups excluding carboxylic acids is 1. The molecule has 7 nitrogen and oxygen atoms in total.